The molecular formula is C24H27ClN2O. The van der Waals surface area contributed by atoms with E-state index in [2.05, 4.69) is 19.2 Å². The largest absolute Gasteiger partial charge is 0.324 e. The third-order valence-corrected chi connectivity index (χ3v) is 5.35. The Morgan fingerprint density at radius 2 is 1.86 bits per heavy atom. The Labute approximate surface area is 172 Å². The highest BCUT2D eigenvalue weighted by atomic mass is 35.5. The van der Waals surface area contributed by atoms with Crippen LogP contribution in [0.4, 0.5) is 5.69 Å². The fourth-order valence-corrected chi connectivity index (χ4v) is 3.62. The molecule has 3 rings (SSSR count). The smallest absolute Gasteiger partial charge is 0.225 e. The number of carbonyl (C=O) groups excluding carboxylic acids is 1. The summed E-state index contributed by atoms with van der Waals surface area (Å²) >= 11 is 6.40. The van der Waals surface area contributed by atoms with E-state index in [4.69, 9.17) is 16.6 Å². The van der Waals surface area contributed by atoms with Gasteiger partial charge < -0.3 is 5.32 Å². The van der Waals surface area contributed by atoms with Crippen molar-refractivity contribution in [2.24, 2.45) is 0 Å². The predicted octanol–water partition coefficient (Wildman–Crippen LogP) is 6.75. The molecule has 1 N–H and O–H groups in total. The molecular weight excluding hydrogens is 368 g/mol. The predicted molar refractivity (Wildman–Crippen MR) is 118 cm³/mol. The van der Waals surface area contributed by atoms with Gasteiger partial charge in [-0.1, -0.05) is 68.6 Å². The van der Waals surface area contributed by atoms with Crippen molar-refractivity contribution in [3.05, 3.63) is 70.9 Å². The summed E-state index contributed by atoms with van der Waals surface area (Å²) in [4.78, 5) is 17.4. The molecule has 3 nitrogen and oxygen atoms in total. The zero-order valence-electron chi connectivity index (χ0n) is 16.5. The van der Waals surface area contributed by atoms with Crippen LogP contribution in [0.2, 0.25) is 5.02 Å². The van der Waals surface area contributed by atoms with E-state index >= 15 is 0 Å². The van der Waals surface area contributed by atoms with Crippen LogP contribution in [-0.4, -0.2) is 10.9 Å². The number of halogens is 1. The summed E-state index contributed by atoms with van der Waals surface area (Å²) in [5.41, 5.74) is 3.75. The van der Waals surface area contributed by atoms with Gasteiger partial charge >= 0.3 is 0 Å². The van der Waals surface area contributed by atoms with E-state index in [0.717, 1.165) is 35.0 Å². The number of amides is 1. The van der Waals surface area contributed by atoms with E-state index in [-0.39, 0.29) is 11.8 Å². The van der Waals surface area contributed by atoms with Crippen molar-refractivity contribution in [1.29, 1.82) is 0 Å². The average Bonchev–Trinajstić information content (AvgIpc) is 2.71. The Balaban J connectivity index is 1.76. The number of nitrogens with one attached hydrogen (secondary N) is 1. The molecule has 0 aliphatic rings. The van der Waals surface area contributed by atoms with Gasteiger partial charge in [0.15, 0.2) is 0 Å². The van der Waals surface area contributed by atoms with Crippen LogP contribution in [0.1, 0.15) is 56.7 Å². The summed E-state index contributed by atoms with van der Waals surface area (Å²) in [5, 5.41) is 4.43. The quantitative estimate of drug-likeness (QED) is 0.429. The first-order valence-corrected chi connectivity index (χ1v) is 10.4. The molecule has 0 bridgehead atoms. The molecule has 0 saturated heterocycles. The minimum absolute atomic E-state index is 0.0437. The van der Waals surface area contributed by atoms with Crippen LogP contribution in [-0.2, 0) is 11.2 Å². The Morgan fingerprint density at radius 1 is 1.07 bits per heavy atom. The lowest BCUT2D eigenvalue weighted by atomic mass is 9.97. The third-order valence-electron chi connectivity index (χ3n) is 5.04. The van der Waals surface area contributed by atoms with Gasteiger partial charge in [0.1, 0.15) is 0 Å². The summed E-state index contributed by atoms with van der Waals surface area (Å²) in [7, 11) is 0. The number of carbonyl (C=O) groups is 1. The number of hydrogen-bond acceptors (Lipinski definition) is 2. The van der Waals surface area contributed by atoms with Crippen molar-refractivity contribution in [3.8, 4) is 0 Å². The molecule has 1 atom stereocenters. The standard InChI is InChI=1S/C24H27ClN2O/c1-3-4-6-11-19-12-13-20-22(26-19)15-14-21(25)24(20)27-23(28)16-17(2)18-9-7-5-8-10-18/h5,7-10,12-15,17H,3-4,6,11,16H2,1-2H3,(H,27,28)/t17-/m1/s1. The summed E-state index contributed by atoms with van der Waals surface area (Å²) < 4.78 is 0. The number of aryl methyl sites for hydroxylation is 1. The molecule has 2 aromatic carbocycles. The molecule has 0 aliphatic carbocycles. The van der Waals surface area contributed by atoms with Gasteiger partial charge in [0.05, 0.1) is 16.2 Å². The van der Waals surface area contributed by atoms with Crippen molar-refractivity contribution in [2.75, 3.05) is 5.32 Å². The molecule has 0 saturated carbocycles. The maximum Gasteiger partial charge on any atom is 0.225 e. The maximum absolute atomic E-state index is 12.6. The van der Waals surface area contributed by atoms with Crippen LogP contribution in [0.15, 0.2) is 54.6 Å². The molecule has 28 heavy (non-hydrogen) atoms. The fraction of sp³-hybridized carbons (Fsp3) is 0.333. The first kappa shape index (κ1) is 20.3. The second-order valence-corrected chi connectivity index (χ2v) is 7.72. The third kappa shape index (κ3) is 5.11. The SMILES string of the molecule is CCCCCc1ccc2c(NC(=O)C[C@@H](C)c3ccccc3)c(Cl)ccc2n1. The Morgan fingerprint density at radius 3 is 2.61 bits per heavy atom. The van der Waals surface area contributed by atoms with E-state index in [1.807, 2.05) is 54.6 Å². The number of nitrogens with zero attached hydrogens (tertiary/aromatic N) is 1. The molecule has 0 aliphatic heterocycles. The summed E-state index contributed by atoms with van der Waals surface area (Å²) in [5.74, 6) is 0.0935. The topological polar surface area (TPSA) is 42.0 Å². The summed E-state index contributed by atoms with van der Waals surface area (Å²) in [6, 6.07) is 17.9. The zero-order chi connectivity index (χ0) is 19.9. The van der Waals surface area contributed by atoms with Crippen molar-refractivity contribution in [1.82, 2.24) is 4.98 Å². The molecule has 0 unspecified atom stereocenters. The van der Waals surface area contributed by atoms with Gasteiger partial charge in [-0.25, -0.2) is 0 Å². The number of anilines is 1. The van der Waals surface area contributed by atoms with Crippen molar-refractivity contribution >= 4 is 34.1 Å². The minimum Gasteiger partial charge on any atom is -0.324 e. The Kier molecular flexibility index (Phi) is 7.05. The molecule has 3 aromatic rings. The van der Waals surface area contributed by atoms with Crippen LogP contribution in [0.3, 0.4) is 0 Å². The monoisotopic (exact) mass is 394 g/mol. The number of benzene rings is 2. The van der Waals surface area contributed by atoms with Crippen LogP contribution >= 0.6 is 11.6 Å². The highest BCUT2D eigenvalue weighted by Crippen LogP contribution is 2.31. The van der Waals surface area contributed by atoms with Crippen molar-refractivity contribution in [3.63, 3.8) is 0 Å². The molecule has 0 fully saturated rings. The van der Waals surface area contributed by atoms with Crippen LogP contribution < -0.4 is 5.32 Å². The molecule has 4 heteroatoms. The van der Waals surface area contributed by atoms with Crippen molar-refractivity contribution in [2.45, 2.75) is 51.9 Å². The second-order valence-electron chi connectivity index (χ2n) is 7.31. The normalized spacial score (nSPS) is 12.1. The number of pyridine rings is 1. The average molecular weight is 395 g/mol. The van der Waals surface area contributed by atoms with E-state index in [1.165, 1.54) is 12.8 Å². The van der Waals surface area contributed by atoms with E-state index < -0.39 is 0 Å². The number of hydrogen-bond donors (Lipinski definition) is 1. The van der Waals surface area contributed by atoms with Gasteiger partial charge in [0, 0.05) is 17.5 Å². The van der Waals surface area contributed by atoms with Gasteiger partial charge in [-0.3, -0.25) is 9.78 Å². The molecule has 1 aromatic heterocycles. The van der Waals surface area contributed by atoms with Crippen LogP contribution in [0.25, 0.3) is 10.9 Å². The molecule has 146 valence electrons. The van der Waals surface area contributed by atoms with E-state index in [0.29, 0.717) is 17.1 Å². The van der Waals surface area contributed by atoms with E-state index in [9.17, 15) is 4.79 Å². The van der Waals surface area contributed by atoms with Crippen LogP contribution in [0.5, 0.6) is 0 Å². The highest BCUT2D eigenvalue weighted by Gasteiger charge is 2.15. The molecule has 1 heterocycles. The maximum atomic E-state index is 12.6. The van der Waals surface area contributed by atoms with Gasteiger partial charge in [0.25, 0.3) is 0 Å². The Hall–Kier alpha value is -2.39. The van der Waals surface area contributed by atoms with E-state index in [1.54, 1.807) is 0 Å². The molecule has 0 spiro atoms. The lowest BCUT2D eigenvalue weighted by Crippen LogP contribution is -2.15. The van der Waals surface area contributed by atoms with Crippen LogP contribution in [0, 0.1) is 0 Å². The summed E-state index contributed by atoms with van der Waals surface area (Å²) in [6.45, 7) is 4.26. The zero-order valence-corrected chi connectivity index (χ0v) is 17.3. The number of aromatic nitrogens is 1. The second kappa shape index (κ2) is 9.70. The fourth-order valence-electron chi connectivity index (χ4n) is 3.41. The first-order valence-electron chi connectivity index (χ1n) is 10.0. The highest BCUT2D eigenvalue weighted by molar-refractivity contribution is 6.35. The first-order chi connectivity index (χ1) is 13.6. The lowest BCUT2D eigenvalue weighted by molar-refractivity contribution is -0.116. The molecule has 0 radical (unpaired) electrons. The number of fused-ring (bicyclic) bond motifs is 1. The minimum atomic E-state index is -0.0437. The number of rotatable bonds is 8. The van der Waals surface area contributed by atoms with Crippen molar-refractivity contribution < 1.29 is 4.79 Å². The molecule has 1 amide bonds. The summed E-state index contributed by atoms with van der Waals surface area (Å²) in [6.07, 6.45) is 4.92. The van der Waals surface area contributed by atoms with Gasteiger partial charge in [-0.05, 0) is 48.6 Å². The van der Waals surface area contributed by atoms with Gasteiger partial charge in [-0.15, -0.1) is 0 Å². The van der Waals surface area contributed by atoms with Gasteiger partial charge in [-0.2, -0.15) is 0 Å². The lowest BCUT2D eigenvalue weighted by Gasteiger charge is -2.14. The number of unbranched alkanes of at least 4 members (excludes halogenated alkanes) is 2. The Bertz CT molecular complexity index is 940. The van der Waals surface area contributed by atoms with Gasteiger partial charge in [0.2, 0.25) is 5.91 Å².